The molecule has 1 N–H and O–H groups in total. The summed E-state index contributed by atoms with van der Waals surface area (Å²) in [6.07, 6.45) is 3.11. The zero-order valence-electron chi connectivity index (χ0n) is 18.2. The topological polar surface area (TPSA) is 102 Å². The molecular weight excluding hydrogens is 456 g/mol. The van der Waals surface area contributed by atoms with Gasteiger partial charge >= 0.3 is 0 Å². The molecule has 0 spiro atoms. The molecule has 4 aromatic rings. The number of anilines is 2. The minimum atomic E-state index is -0.495. The van der Waals surface area contributed by atoms with Crippen LogP contribution in [0, 0.1) is 10.1 Å². The molecule has 0 saturated carbocycles. The fourth-order valence-corrected chi connectivity index (χ4v) is 4.32. The number of carbonyl (C=O) groups is 1. The third-order valence-electron chi connectivity index (χ3n) is 5.89. The van der Waals surface area contributed by atoms with Crippen molar-refractivity contribution in [2.45, 2.75) is 19.3 Å². The Hall–Kier alpha value is -3.91. The van der Waals surface area contributed by atoms with E-state index >= 15 is 0 Å². The van der Waals surface area contributed by atoms with E-state index in [9.17, 15) is 14.9 Å². The summed E-state index contributed by atoms with van der Waals surface area (Å²) in [6.45, 7) is 1.54. The smallest absolute Gasteiger partial charge is 0.293 e. The van der Waals surface area contributed by atoms with Crippen LogP contribution in [0.2, 0.25) is 5.02 Å². The van der Waals surface area contributed by atoms with Crippen molar-refractivity contribution in [3.05, 3.63) is 81.4 Å². The van der Waals surface area contributed by atoms with Gasteiger partial charge in [0.1, 0.15) is 11.2 Å². The fraction of sp³-hybridized carbons (Fsp3) is 0.200. The number of rotatable bonds is 5. The number of nitro benzene ring substituents is 1. The number of fused-ring (bicyclic) bond motifs is 1. The highest BCUT2D eigenvalue weighted by atomic mass is 35.5. The molecule has 5 rings (SSSR count). The van der Waals surface area contributed by atoms with E-state index in [2.05, 4.69) is 10.3 Å². The van der Waals surface area contributed by atoms with E-state index in [1.165, 1.54) is 6.07 Å². The molecule has 34 heavy (non-hydrogen) atoms. The van der Waals surface area contributed by atoms with Crippen molar-refractivity contribution in [3.63, 3.8) is 0 Å². The average Bonchev–Trinajstić information content (AvgIpc) is 3.30. The fourth-order valence-electron chi connectivity index (χ4n) is 4.16. The van der Waals surface area contributed by atoms with Crippen LogP contribution in [0.3, 0.4) is 0 Å². The Morgan fingerprint density at radius 3 is 2.62 bits per heavy atom. The van der Waals surface area contributed by atoms with Crippen LogP contribution in [-0.4, -0.2) is 28.9 Å². The van der Waals surface area contributed by atoms with Crippen LogP contribution in [0.15, 0.2) is 65.1 Å². The van der Waals surface area contributed by atoms with E-state index in [0.717, 1.165) is 37.9 Å². The van der Waals surface area contributed by atoms with Gasteiger partial charge in [-0.2, -0.15) is 0 Å². The van der Waals surface area contributed by atoms with Crippen LogP contribution in [-0.2, 0) is 0 Å². The number of halogens is 1. The molecule has 2 heterocycles. The molecule has 1 aromatic heterocycles. The van der Waals surface area contributed by atoms with E-state index in [0.29, 0.717) is 33.4 Å². The maximum Gasteiger partial charge on any atom is 0.293 e. The van der Waals surface area contributed by atoms with Crippen molar-refractivity contribution in [1.82, 2.24) is 4.98 Å². The molecule has 8 nitrogen and oxygen atoms in total. The number of carbonyl (C=O) groups excluding carboxylic acids is 1. The van der Waals surface area contributed by atoms with Crippen molar-refractivity contribution >= 4 is 45.7 Å². The molecule has 0 unspecified atom stereocenters. The molecule has 172 valence electrons. The van der Waals surface area contributed by atoms with Gasteiger partial charge in [-0.25, -0.2) is 4.98 Å². The number of nitrogens with zero attached hydrogens (tertiary/aromatic N) is 3. The maximum atomic E-state index is 13.0. The third kappa shape index (κ3) is 4.32. The van der Waals surface area contributed by atoms with E-state index in [-0.39, 0.29) is 11.3 Å². The van der Waals surface area contributed by atoms with Gasteiger partial charge in [-0.1, -0.05) is 23.7 Å². The Morgan fingerprint density at radius 2 is 1.85 bits per heavy atom. The van der Waals surface area contributed by atoms with Crippen LogP contribution in [0.1, 0.15) is 29.6 Å². The number of piperidine rings is 1. The zero-order valence-corrected chi connectivity index (χ0v) is 18.9. The highest BCUT2D eigenvalue weighted by Gasteiger charge is 2.23. The lowest BCUT2D eigenvalue weighted by atomic mass is 10.1. The van der Waals surface area contributed by atoms with Crippen molar-refractivity contribution in [2.75, 3.05) is 23.3 Å². The van der Waals surface area contributed by atoms with Gasteiger partial charge in [-0.05, 0) is 61.7 Å². The third-order valence-corrected chi connectivity index (χ3v) is 6.22. The molecule has 0 atom stereocenters. The summed E-state index contributed by atoms with van der Waals surface area (Å²) in [6, 6.07) is 17.0. The molecular formula is C25H21ClN4O4. The van der Waals surface area contributed by atoms with Crippen molar-refractivity contribution in [3.8, 4) is 11.5 Å². The normalized spacial score (nSPS) is 13.7. The number of amides is 1. The first kappa shape index (κ1) is 21.9. The van der Waals surface area contributed by atoms with Crippen LogP contribution in [0.25, 0.3) is 22.6 Å². The molecule has 0 bridgehead atoms. The Bertz CT molecular complexity index is 1360. The summed E-state index contributed by atoms with van der Waals surface area (Å²) in [5, 5.41) is 14.8. The van der Waals surface area contributed by atoms with E-state index in [4.69, 9.17) is 16.0 Å². The molecule has 0 aliphatic carbocycles. The molecule has 1 saturated heterocycles. The molecule has 1 amide bonds. The van der Waals surface area contributed by atoms with Gasteiger partial charge in [0.15, 0.2) is 5.58 Å². The first-order valence-electron chi connectivity index (χ1n) is 11.0. The SMILES string of the molecule is O=C(Nc1cc(-c2nc3ccccc3o2)ccc1Cl)c1ccc(N2CCCCC2)c([N+](=O)[O-])c1. The highest BCUT2D eigenvalue weighted by Crippen LogP contribution is 2.33. The van der Waals surface area contributed by atoms with Gasteiger partial charge in [0.05, 0.1) is 15.6 Å². The number of para-hydroxylation sites is 2. The van der Waals surface area contributed by atoms with Gasteiger partial charge in [0.2, 0.25) is 5.89 Å². The van der Waals surface area contributed by atoms with Crippen LogP contribution < -0.4 is 10.2 Å². The number of nitro groups is 1. The quantitative estimate of drug-likeness (QED) is 0.268. The second-order valence-electron chi connectivity index (χ2n) is 8.14. The Kier molecular flexibility index (Phi) is 5.90. The highest BCUT2D eigenvalue weighted by molar-refractivity contribution is 6.34. The first-order valence-corrected chi connectivity index (χ1v) is 11.4. The zero-order chi connectivity index (χ0) is 23.7. The minimum Gasteiger partial charge on any atom is -0.436 e. The van der Waals surface area contributed by atoms with Gasteiger partial charge in [0, 0.05) is 30.3 Å². The maximum absolute atomic E-state index is 13.0. The Balaban J connectivity index is 1.42. The lowest BCUT2D eigenvalue weighted by Crippen LogP contribution is -2.30. The lowest BCUT2D eigenvalue weighted by Gasteiger charge is -2.28. The summed E-state index contributed by atoms with van der Waals surface area (Å²) in [7, 11) is 0. The largest absolute Gasteiger partial charge is 0.436 e. The Morgan fingerprint density at radius 1 is 1.06 bits per heavy atom. The second-order valence-corrected chi connectivity index (χ2v) is 8.55. The number of hydrogen-bond acceptors (Lipinski definition) is 6. The van der Waals surface area contributed by atoms with Crippen LogP contribution in [0.4, 0.5) is 17.1 Å². The number of benzene rings is 3. The molecule has 9 heteroatoms. The molecule has 0 radical (unpaired) electrons. The lowest BCUT2D eigenvalue weighted by molar-refractivity contribution is -0.384. The van der Waals surface area contributed by atoms with Crippen molar-refractivity contribution in [2.24, 2.45) is 0 Å². The summed E-state index contributed by atoms with van der Waals surface area (Å²) >= 11 is 6.32. The summed E-state index contributed by atoms with van der Waals surface area (Å²) in [4.78, 5) is 30.7. The van der Waals surface area contributed by atoms with Crippen molar-refractivity contribution < 1.29 is 14.1 Å². The van der Waals surface area contributed by atoms with E-state index in [1.807, 2.05) is 29.2 Å². The predicted octanol–water partition coefficient (Wildman–Crippen LogP) is 6.30. The predicted molar refractivity (Wildman–Crippen MR) is 132 cm³/mol. The number of aromatic nitrogens is 1. The average molecular weight is 477 g/mol. The van der Waals surface area contributed by atoms with Gasteiger partial charge in [0.25, 0.3) is 11.6 Å². The van der Waals surface area contributed by atoms with E-state index in [1.54, 1.807) is 30.3 Å². The number of oxazole rings is 1. The van der Waals surface area contributed by atoms with Crippen molar-refractivity contribution in [1.29, 1.82) is 0 Å². The number of nitrogens with one attached hydrogen (secondary N) is 1. The van der Waals surface area contributed by atoms with Crippen LogP contribution >= 0.6 is 11.6 Å². The van der Waals surface area contributed by atoms with Gasteiger partial charge < -0.3 is 14.6 Å². The summed E-state index contributed by atoms with van der Waals surface area (Å²) in [5.41, 5.74) is 3.00. The van der Waals surface area contributed by atoms with Gasteiger partial charge in [-0.3, -0.25) is 14.9 Å². The standard InChI is InChI=1S/C25H21ClN4O4/c26-18-10-8-17(25-28-19-6-2-3-7-23(19)34-25)14-20(18)27-24(31)16-9-11-21(22(15-16)30(32)33)29-12-4-1-5-13-29/h2-3,6-11,14-15H,1,4-5,12-13H2,(H,27,31). The molecule has 3 aromatic carbocycles. The van der Waals surface area contributed by atoms with E-state index < -0.39 is 10.8 Å². The summed E-state index contributed by atoms with van der Waals surface area (Å²) in [5.74, 6) is -0.0974. The summed E-state index contributed by atoms with van der Waals surface area (Å²) < 4.78 is 5.80. The number of hydrogen-bond donors (Lipinski definition) is 1. The monoisotopic (exact) mass is 476 g/mol. The van der Waals surface area contributed by atoms with Crippen LogP contribution in [0.5, 0.6) is 0 Å². The molecule has 1 fully saturated rings. The molecule has 1 aliphatic rings. The first-order chi connectivity index (χ1) is 16.5. The molecule has 1 aliphatic heterocycles. The second kappa shape index (κ2) is 9.15. The van der Waals surface area contributed by atoms with Gasteiger partial charge in [-0.15, -0.1) is 0 Å². The Labute approximate surface area is 200 Å². The minimum absolute atomic E-state index is 0.0825.